The van der Waals surface area contributed by atoms with Crippen molar-refractivity contribution in [1.29, 1.82) is 0 Å². The quantitative estimate of drug-likeness (QED) is 0.805. The lowest BCUT2D eigenvalue weighted by atomic mass is 10.0. The van der Waals surface area contributed by atoms with Crippen LogP contribution in [0.2, 0.25) is 5.02 Å². The number of rotatable bonds is 3. The van der Waals surface area contributed by atoms with E-state index in [1.807, 2.05) is 6.92 Å². The summed E-state index contributed by atoms with van der Waals surface area (Å²) < 4.78 is 13.0. The van der Waals surface area contributed by atoms with Gasteiger partial charge in [-0.15, -0.1) is 0 Å². The summed E-state index contributed by atoms with van der Waals surface area (Å²) in [6.45, 7) is 3.27. The molecular formula is C11H13ClFNOS. The maximum atomic E-state index is 13.0. The molecule has 1 aromatic carbocycles. The van der Waals surface area contributed by atoms with Gasteiger partial charge in [0.25, 0.3) is 0 Å². The van der Waals surface area contributed by atoms with Crippen molar-refractivity contribution in [3.05, 3.63) is 34.6 Å². The minimum absolute atomic E-state index is 0.0434. The van der Waals surface area contributed by atoms with Crippen LogP contribution in [0.5, 0.6) is 0 Å². The number of carbonyl (C=O) groups excluding carboxylic acids is 1. The molecule has 0 aliphatic carbocycles. The van der Waals surface area contributed by atoms with E-state index < -0.39 is 5.82 Å². The highest BCUT2D eigenvalue weighted by Gasteiger charge is 2.18. The average Bonchev–Trinajstić information content (AvgIpc) is 2.18. The lowest BCUT2D eigenvalue weighted by Crippen LogP contribution is -2.31. The molecule has 88 valence electrons. The Labute approximate surface area is 105 Å². The zero-order valence-corrected chi connectivity index (χ0v) is 10.6. The Morgan fingerprint density at radius 1 is 1.56 bits per heavy atom. The first kappa shape index (κ1) is 13.3. The van der Waals surface area contributed by atoms with Gasteiger partial charge in [0.2, 0.25) is 5.91 Å². The van der Waals surface area contributed by atoms with Gasteiger partial charge in [0.1, 0.15) is 5.82 Å². The Kier molecular flexibility index (Phi) is 4.62. The van der Waals surface area contributed by atoms with E-state index >= 15 is 0 Å². The van der Waals surface area contributed by atoms with Gasteiger partial charge in [-0.1, -0.05) is 24.6 Å². The number of benzene rings is 1. The number of nitrogens with one attached hydrogen (secondary N) is 1. The maximum absolute atomic E-state index is 13.0. The smallest absolute Gasteiger partial charge is 0.217 e. The number of thiol groups is 1. The van der Waals surface area contributed by atoms with Crippen molar-refractivity contribution >= 4 is 30.1 Å². The van der Waals surface area contributed by atoms with Gasteiger partial charge >= 0.3 is 0 Å². The monoisotopic (exact) mass is 261 g/mol. The molecule has 0 saturated heterocycles. The summed E-state index contributed by atoms with van der Waals surface area (Å²) in [4.78, 5) is 11.0. The molecular weight excluding hydrogens is 249 g/mol. The van der Waals surface area contributed by atoms with E-state index in [0.29, 0.717) is 0 Å². The number of halogens is 2. The normalized spacial score (nSPS) is 14.3. The third-order valence-corrected chi connectivity index (χ3v) is 2.73. The largest absolute Gasteiger partial charge is 0.348 e. The van der Waals surface area contributed by atoms with E-state index in [1.54, 1.807) is 6.07 Å². The molecule has 0 aliphatic rings. The van der Waals surface area contributed by atoms with Crippen LogP contribution >= 0.6 is 24.2 Å². The second-order valence-electron chi connectivity index (χ2n) is 3.59. The lowest BCUT2D eigenvalue weighted by Gasteiger charge is -2.21. The minimum Gasteiger partial charge on any atom is -0.348 e. The van der Waals surface area contributed by atoms with Crippen LogP contribution in [0.4, 0.5) is 4.39 Å². The zero-order chi connectivity index (χ0) is 12.3. The van der Waals surface area contributed by atoms with E-state index in [-0.39, 0.29) is 22.2 Å². The van der Waals surface area contributed by atoms with Gasteiger partial charge < -0.3 is 5.32 Å². The molecule has 0 saturated carbocycles. The summed E-state index contributed by atoms with van der Waals surface area (Å²) in [7, 11) is 0. The molecule has 0 radical (unpaired) electrons. The molecule has 0 aromatic heterocycles. The molecule has 16 heavy (non-hydrogen) atoms. The van der Waals surface area contributed by atoms with Crippen molar-refractivity contribution in [2.24, 2.45) is 0 Å². The molecule has 0 aliphatic heterocycles. The molecule has 1 N–H and O–H groups in total. The SMILES string of the molecule is CC(=O)NC(c1ccc(F)c(Cl)c1)C(C)S. The van der Waals surface area contributed by atoms with Crippen molar-refractivity contribution in [3.8, 4) is 0 Å². The molecule has 0 fully saturated rings. The summed E-state index contributed by atoms with van der Waals surface area (Å²) in [6.07, 6.45) is 0. The summed E-state index contributed by atoms with van der Waals surface area (Å²) in [5.74, 6) is -0.634. The van der Waals surface area contributed by atoms with Crippen LogP contribution in [-0.2, 0) is 4.79 Å². The first-order valence-electron chi connectivity index (χ1n) is 4.82. The maximum Gasteiger partial charge on any atom is 0.217 e. The Balaban J connectivity index is 3.01. The number of carbonyl (C=O) groups is 1. The summed E-state index contributed by atoms with van der Waals surface area (Å²) in [5.41, 5.74) is 0.740. The van der Waals surface area contributed by atoms with Crippen LogP contribution < -0.4 is 5.32 Å². The van der Waals surface area contributed by atoms with E-state index in [2.05, 4.69) is 17.9 Å². The Hall–Kier alpha value is -0.740. The third kappa shape index (κ3) is 3.39. The molecule has 0 heterocycles. The zero-order valence-electron chi connectivity index (χ0n) is 9.00. The van der Waals surface area contributed by atoms with Crippen molar-refractivity contribution in [2.45, 2.75) is 25.1 Å². The van der Waals surface area contributed by atoms with Crippen LogP contribution in [0.15, 0.2) is 18.2 Å². The minimum atomic E-state index is -0.473. The van der Waals surface area contributed by atoms with E-state index in [0.717, 1.165) is 5.56 Å². The number of hydrogen-bond acceptors (Lipinski definition) is 2. The molecule has 1 aromatic rings. The topological polar surface area (TPSA) is 29.1 Å². The summed E-state index contributed by atoms with van der Waals surface area (Å²) in [6, 6.07) is 4.10. The fraction of sp³-hybridized carbons (Fsp3) is 0.364. The highest BCUT2D eigenvalue weighted by molar-refractivity contribution is 7.81. The van der Waals surface area contributed by atoms with E-state index in [9.17, 15) is 9.18 Å². The molecule has 0 bridgehead atoms. The first-order valence-corrected chi connectivity index (χ1v) is 5.71. The van der Waals surface area contributed by atoms with Gasteiger partial charge in [-0.2, -0.15) is 12.6 Å². The predicted octanol–water partition coefficient (Wildman–Crippen LogP) is 2.97. The molecule has 1 amide bonds. The highest BCUT2D eigenvalue weighted by atomic mass is 35.5. The first-order chi connectivity index (χ1) is 7.41. The second-order valence-corrected chi connectivity index (χ2v) is 4.81. The standard InChI is InChI=1S/C11H13ClFNOS/c1-6(16)11(14-7(2)15)8-3-4-10(13)9(12)5-8/h3-6,11,16H,1-2H3,(H,14,15). The van der Waals surface area contributed by atoms with Crippen LogP contribution in [-0.4, -0.2) is 11.2 Å². The Morgan fingerprint density at radius 2 is 2.19 bits per heavy atom. The molecule has 2 unspecified atom stereocenters. The average molecular weight is 262 g/mol. The van der Waals surface area contributed by atoms with Crippen molar-refractivity contribution in [3.63, 3.8) is 0 Å². The van der Waals surface area contributed by atoms with Gasteiger partial charge in [-0.05, 0) is 17.7 Å². The molecule has 5 heteroatoms. The fourth-order valence-corrected chi connectivity index (χ4v) is 1.84. The van der Waals surface area contributed by atoms with Crippen LogP contribution in [0.1, 0.15) is 25.5 Å². The van der Waals surface area contributed by atoms with Crippen LogP contribution in [0, 0.1) is 5.82 Å². The van der Waals surface area contributed by atoms with E-state index in [4.69, 9.17) is 11.6 Å². The molecule has 0 spiro atoms. The second kappa shape index (κ2) is 5.55. The van der Waals surface area contributed by atoms with Crippen LogP contribution in [0.25, 0.3) is 0 Å². The third-order valence-electron chi connectivity index (χ3n) is 2.14. The Morgan fingerprint density at radius 3 is 2.62 bits per heavy atom. The van der Waals surface area contributed by atoms with E-state index in [1.165, 1.54) is 19.1 Å². The number of amides is 1. The van der Waals surface area contributed by atoms with Gasteiger partial charge in [-0.3, -0.25) is 4.79 Å². The predicted molar refractivity (Wildman–Crippen MR) is 66.4 cm³/mol. The molecule has 2 atom stereocenters. The lowest BCUT2D eigenvalue weighted by molar-refractivity contribution is -0.119. The van der Waals surface area contributed by atoms with Crippen molar-refractivity contribution in [1.82, 2.24) is 5.32 Å². The summed E-state index contributed by atoms with van der Waals surface area (Å²) in [5, 5.41) is 2.70. The molecule has 1 rings (SSSR count). The van der Waals surface area contributed by atoms with Crippen LogP contribution in [0.3, 0.4) is 0 Å². The van der Waals surface area contributed by atoms with Gasteiger partial charge in [-0.25, -0.2) is 4.39 Å². The van der Waals surface area contributed by atoms with Gasteiger partial charge in [0.05, 0.1) is 11.1 Å². The van der Waals surface area contributed by atoms with Gasteiger partial charge in [0, 0.05) is 12.2 Å². The van der Waals surface area contributed by atoms with Crippen molar-refractivity contribution in [2.75, 3.05) is 0 Å². The fourth-order valence-electron chi connectivity index (χ4n) is 1.41. The highest BCUT2D eigenvalue weighted by Crippen LogP contribution is 2.25. The number of hydrogen-bond donors (Lipinski definition) is 2. The Bertz CT molecular complexity index is 398. The van der Waals surface area contributed by atoms with Gasteiger partial charge in [0.15, 0.2) is 0 Å². The van der Waals surface area contributed by atoms with Crippen molar-refractivity contribution < 1.29 is 9.18 Å². The molecule has 2 nitrogen and oxygen atoms in total. The summed E-state index contributed by atoms with van der Waals surface area (Å²) >= 11 is 9.97.